The first-order valence-electron chi connectivity index (χ1n) is 9.46. The highest BCUT2D eigenvalue weighted by Gasteiger charge is 2.21. The van der Waals surface area contributed by atoms with Crippen LogP contribution in [0.5, 0.6) is 0 Å². The first kappa shape index (κ1) is 17.9. The molecule has 0 bridgehead atoms. The van der Waals surface area contributed by atoms with Gasteiger partial charge in [-0.2, -0.15) is 5.10 Å². The van der Waals surface area contributed by atoms with Gasteiger partial charge >= 0.3 is 0 Å². The van der Waals surface area contributed by atoms with Gasteiger partial charge in [-0.3, -0.25) is 14.3 Å². The van der Waals surface area contributed by atoms with Gasteiger partial charge in [-0.15, -0.1) is 0 Å². The number of nitrogens with zero attached hydrogens (tertiary/aromatic N) is 2. The molecule has 1 saturated carbocycles. The fraction of sp³-hybridized carbons (Fsp3) is 0.722. The third-order valence-corrected chi connectivity index (χ3v) is 5.13. The van der Waals surface area contributed by atoms with Crippen molar-refractivity contribution in [3.63, 3.8) is 0 Å². The lowest BCUT2D eigenvalue weighted by Gasteiger charge is -2.28. The molecule has 2 aliphatic rings. The highest BCUT2D eigenvalue weighted by atomic mass is 16.2. The molecular formula is C18H29N5O2. The van der Waals surface area contributed by atoms with Gasteiger partial charge in [0.05, 0.1) is 11.8 Å². The number of carbonyl (C=O) groups excluding carboxylic acids is 2. The SMILES string of the molecule is CC1CC(NC(=O)c2cnn(CC(=O)NC3CCCCC3)c2)CCN1. The Balaban J connectivity index is 1.47. The molecule has 0 radical (unpaired) electrons. The van der Waals surface area contributed by atoms with E-state index in [0.717, 1.165) is 32.2 Å². The molecule has 25 heavy (non-hydrogen) atoms. The number of hydrogen-bond donors (Lipinski definition) is 3. The summed E-state index contributed by atoms with van der Waals surface area (Å²) in [5.74, 6) is -0.146. The van der Waals surface area contributed by atoms with E-state index in [9.17, 15) is 9.59 Å². The average Bonchev–Trinajstić information content (AvgIpc) is 3.04. The van der Waals surface area contributed by atoms with E-state index in [1.54, 1.807) is 6.20 Å². The Morgan fingerprint density at radius 3 is 2.76 bits per heavy atom. The Labute approximate surface area is 148 Å². The molecule has 3 rings (SSSR count). The first-order chi connectivity index (χ1) is 12.1. The summed E-state index contributed by atoms with van der Waals surface area (Å²) in [6, 6.07) is 0.911. The Bertz CT molecular complexity index is 594. The molecule has 1 saturated heterocycles. The van der Waals surface area contributed by atoms with Gasteiger partial charge in [-0.05, 0) is 39.2 Å². The molecule has 0 aromatic carbocycles. The molecule has 2 atom stereocenters. The second kappa shape index (κ2) is 8.47. The lowest BCUT2D eigenvalue weighted by atomic mass is 9.95. The standard InChI is InChI=1S/C18H29N5O2/c1-13-9-16(7-8-19-13)22-18(25)14-10-20-23(11-14)12-17(24)21-15-5-3-2-4-6-15/h10-11,13,15-16,19H,2-9,12H2,1H3,(H,21,24)(H,22,25). The van der Waals surface area contributed by atoms with E-state index in [1.165, 1.54) is 30.1 Å². The molecule has 2 amide bonds. The normalized spacial score (nSPS) is 24.7. The smallest absolute Gasteiger partial charge is 0.254 e. The maximum atomic E-state index is 12.4. The summed E-state index contributed by atoms with van der Waals surface area (Å²) in [5.41, 5.74) is 0.511. The van der Waals surface area contributed by atoms with Crippen molar-refractivity contribution in [3.05, 3.63) is 18.0 Å². The first-order valence-corrected chi connectivity index (χ1v) is 9.46. The monoisotopic (exact) mass is 347 g/mol. The van der Waals surface area contributed by atoms with Crippen molar-refractivity contribution >= 4 is 11.8 Å². The Morgan fingerprint density at radius 1 is 1.20 bits per heavy atom. The number of amides is 2. The van der Waals surface area contributed by atoms with Crippen LogP contribution in [0.4, 0.5) is 0 Å². The van der Waals surface area contributed by atoms with Crippen molar-refractivity contribution in [3.8, 4) is 0 Å². The predicted octanol–water partition coefficient (Wildman–Crippen LogP) is 1.20. The Hall–Kier alpha value is -1.89. The molecule has 0 spiro atoms. The minimum atomic E-state index is -0.113. The molecule has 7 nitrogen and oxygen atoms in total. The minimum absolute atomic E-state index is 0.0332. The summed E-state index contributed by atoms with van der Waals surface area (Å²) < 4.78 is 1.54. The van der Waals surface area contributed by atoms with Gasteiger partial charge in [-0.25, -0.2) is 0 Å². The van der Waals surface area contributed by atoms with E-state index in [1.807, 2.05) is 0 Å². The fourth-order valence-electron chi connectivity index (χ4n) is 3.77. The highest BCUT2D eigenvalue weighted by Crippen LogP contribution is 2.17. The van der Waals surface area contributed by atoms with Crippen molar-refractivity contribution < 1.29 is 9.59 Å². The van der Waals surface area contributed by atoms with Crippen molar-refractivity contribution in [2.75, 3.05) is 6.54 Å². The van der Waals surface area contributed by atoms with E-state index in [4.69, 9.17) is 0 Å². The van der Waals surface area contributed by atoms with Crippen LogP contribution in [0.3, 0.4) is 0 Å². The van der Waals surface area contributed by atoms with Crippen LogP contribution >= 0.6 is 0 Å². The summed E-state index contributed by atoms with van der Waals surface area (Å²) in [5, 5.41) is 13.7. The van der Waals surface area contributed by atoms with E-state index in [2.05, 4.69) is 28.0 Å². The van der Waals surface area contributed by atoms with Crippen LogP contribution in [-0.2, 0) is 11.3 Å². The van der Waals surface area contributed by atoms with Crippen LogP contribution in [0.25, 0.3) is 0 Å². The molecule has 1 aliphatic heterocycles. The van der Waals surface area contributed by atoms with Gasteiger partial charge in [0.25, 0.3) is 5.91 Å². The molecular weight excluding hydrogens is 318 g/mol. The molecule has 1 aromatic heterocycles. The molecule has 2 unspecified atom stereocenters. The molecule has 2 fully saturated rings. The van der Waals surface area contributed by atoms with E-state index < -0.39 is 0 Å². The van der Waals surface area contributed by atoms with Gasteiger partial charge in [0.1, 0.15) is 6.54 Å². The zero-order valence-corrected chi connectivity index (χ0v) is 15.0. The minimum Gasteiger partial charge on any atom is -0.352 e. The maximum Gasteiger partial charge on any atom is 0.254 e. The average molecular weight is 347 g/mol. The Morgan fingerprint density at radius 2 is 2.00 bits per heavy atom. The third kappa shape index (κ3) is 5.29. The van der Waals surface area contributed by atoms with Crippen molar-refractivity contribution in [1.29, 1.82) is 0 Å². The molecule has 2 heterocycles. The maximum absolute atomic E-state index is 12.4. The quantitative estimate of drug-likeness (QED) is 0.747. The second-order valence-corrected chi connectivity index (χ2v) is 7.38. The molecule has 3 N–H and O–H groups in total. The number of aromatic nitrogens is 2. The highest BCUT2D eigenvalue weighted by molar-refractivity contribution is 5.94. The van der Waals surface area contributed by atoms with Gasteiger partial charge in [-0.1, -0.05) is 19.3 Å². The van der Waals surface area contributed by atoms with Crippen LogP contribution in [0.1, 0.15) is 62.2 Å². The molecule has 7 heteroatoms. The summed E-state index contributed by atoms with van der Waals surface area (Å²) in [6.07, 6.45) is 10.8. The predicted molar refractivity (Wildman–Crippen MR) is 95.2 cm³/mol. The van der Waals surface area contributed by atoms with Crippen LogP contribution in [0.15, 0.2) is 12.4 Å². The van der Waals surface area contributed by atoms with Crippen molar-refractivity contribution in [2.45, 2.75) is 76.5 Å². The van der Waals surface area contributed by atoms with E-state index in [-0.39, 0.29) is 24.4 Å². The lowest BCUT2D eigenvalue weighted by molar-refractivity contribution is -0.122. The van der Waals surface area contributed by atoms with Crippen molar-refractivity contribution in [1.82, 2.24) is 25.7 Å². The van der Waals surface area contributed by atoms with Crippen LogP contribution in [0, 0.1) is 0 Å². The van der Waals surface area contributed by atoms with Gasteiger partial charge < -0.3 is 16.0 Å². The number of hydrogen-bond acceptors (Lipinski definition) is 4. The van der Waals surface area contributed by atoms with Crippen LogP contribution in [0.2, 0.25) is 0 Å². The van der Waals surface area contributed by atoms with Gasteiger partial charge in [0, 0.05) is 24.3 Å². The van der Waals surface area contributed by atoms with Gasteiger partial charge in [0.2, 0.25) is 5.91 Å². The van der Waals surface area contributed by atoms with Gasteiger partial charge in [0.15, 0.2) is 0 Å². The lowest BCUT2D eigenvalue weighted by Crippen LogP contribution is -2.46. The summed E-state index contributed by atoms with van der Waals surface area (Å²) >= 11 is 0. The topological polar surface area (TPSA) is 88.0 Å². The molecule has 138 valence electrons. The summed E-state index contributed by atoms with van der Waals surface area (Å²) in [7, 11) is 0. The zero-order chi connectivity index (χ0) is 17.6. The van der Waals surface area contributed by atoms with Crippen molar-refractivity contribution in [2.24, 2.45) is 0 Å². The summed E-state index contributed by atoms with van der Waals surface area (Å²) in [4.78, 5) is 24.5. The summed E-state index contributed by atoms with van der Waals surface area (Å²) in [6.45, 7) is 3.21. The third-order valence-electron chi connectivity index (χ3n) is 5.13. The fourth-order valence-corrected chi connectivity index (χ4v) is 3.77. The van der Waals surface area contributed by atoms with Crippen LogP contribution < -0.4 is 16.0 Å². The molecule has 1 aromatic rings. The van der Waals surface area contributed by atoms with E-state index >= 15 is 0 Å². The Kier molecular flexibility index (Phi) is 6.07. The largest absolute Gasteiger partial charge is 0.352 e. The molecule has 1 aliphatic carbocycles. The number of rotatable bonds is 5. The number of carbonyl (C=O) groups is 2. The van der Waals surface area contributed by atoms with E-state index in [0.29, 0.717) is 17.6 Å². The van der Waals surface area contributed by atoms with Crippen LogP contribution in [-0.4, -0.2) is 46.3 Å². The number of nitrogens with one attached hydrogen (secondary N) is 3. The second-order valence-electron chi connectivity index (χ2n) is 7.38. The zero-order valence-electron chi connectivity index (χ0n) is 15.0. The number of piperidine rings is 1.